The standard InChI is InChI=1S/C17H19ClN4O3/c1-11(23)21-8-5-15(16(24)10-21)20-17(25)13-9-12(3-4-14(13)18)22-7-2-6-19-22/h2-4,6-7,9,15-16,24H,5,8,10H2,1H3,(H,20,25)/t15-,16-/m1/s1. The molecular formula is C17H19ClN4O3. The number of aliphatic hydroxyl groups is 1. The van der Waals surface area contributed by atoms with Gasteiger partial charge in [-0.15, -0.1) is 0 Å². The number of piperidine rings is 1. The summed E-state index contributed by atoms with van der Waals surface area (Å²) in [6.45, 7) is 2.17. The lowest BCUT2D eigenvalue weighted by Gasteiger charge is -2.35. The number of benzene rings is 1. The number of halogens is 1. The first-order valence-corrected chi connectivity index (χ1v) is 8.37. The maximum absolute atomic E-state index is 12.6. The van der Waals surface area contributed by atoms with Crippen LogP contribution >= 0.6 is 11.6 Å². The molecule has 2 amide bonds. The highest BCUT2D eigenvalue weighted by molar-refractivity contribution is 6.33. The molecular weight excluding hydrogens is 344 g/mol. The quantitative estimate of drug-likeness (QED) is 0.860. The van der Waals surface area contributed by atoms with Crippen LogP contribution in [0.4, 0.5) is 0 Å². The zero-order chi connectivity index (χ0) is 18.0. The molecule has 1 aromatic heterocycles. The number of nitrogens with one attached hydrogen (secondary N) is 1. The van der Waals surface area contributed by atoms with E-state index in [4.69, 9.17) is 11.6 Å². The van der Waals surface area contributed by atoms with Gasteiger partial charge < -0.3 is 15.3 Å². The van der Waals surface area contributed by atoms with Crippen LogP contribution in [0.2, 0.25) is 5.02 Å². The van der Waals surface area contributed by atoms with Gasteiger partial charge in [0.1, 0.15) is 0 Å². The molecule has 1 aliphatic rings. The second-order valence-electron chi connectivity index (χ2n) is 6.02. The van der Waals surface area contributed by atoms with Crippen LogP contribution in [0.1, 0.15) is 23.7 Å². The second-order valence-corrected chi connectivity index (χ2v) is 6.42. The van der Waals surface area contributed by atoms with E-state index >= 15 is 0 Å². The van der Waals surface area contributed by atoms with Gasteiger partial charge in [0, 0.05) is 32.4 Å². The van der Waals surface area contributed by atoms with Gasteiger partial charge in [-0.3, -0.25) is 9.59 Å². The predicted molar refractivity (Wildman–Crippen MR) is 92.7 cm³/mol. The lowest BCUT2D eigenvalue weighted by atomic mass is 10.0. The topological polar surface area (TPSA) is 87.5 Å². The van der Waals surface area contributed by atoms with Crippen LogP contribution in [0.15, 0.2) is 36.7 Å². The number of aliphatic hydroxyl groups excluding tert-OH is 1. The van der Waals surface area contributed by atoms with Gasteiger partial charge in [-0.2, -0.15) is 5.10 Å². The molecule has 2 N–H and O–H groups in total. The molecule has 1 saturated heterocycles. The molecule has 2 atom stereocenters. The van der Waals surface area contributed by atoms with Crippen molar-refractivity contribution in [1.29, 1.82) is 0 Å². The molecule has 0 spiro atoms. The number of amides is 2. The smallest absolute Gasteiger partial charge is 0.253 e. The van der Waals surface area contributed by atoms with Crippen LogP contribution in [-0.2, 0) is 4.79 Å². The Morgan fingerprint density at radius 2 is 2.20 bits per heavy atom. The van der Waals surface area contributed by atoms with Gasteiger partial charge in [-0.1, -0.05) is 11.6 Å². The number of carbonyl (C=O) groups excluding carboxylic acids is 2. The SMILES string of the molecule is CC(=O)N1CC[C@@H](NC(=O)c2cc(-n3cccn3)ccc2Cl)[C@H](O)C1. The summed E-state index contributed by atoms with van der Waals surface area (Å²) >= 11 is 6.17. The maximum Gasteiger partial charge on any atom is 0.253 e. The lowest BCUT2D eigenvalue weighted by molar-refractivity contribution is -0.132. The highest BCUT2D eigenvalue weighted by Gasteiger charge is 2.30. The van der Waals surface area contributed by atoms with Crippen molar-refractivity contribution in [2.75, 3.05) is 13.1 Å². The first-order chi connectivity index (χ1) is 12.0. The minimum Gasteiger partial charge on any atom is -0.389 e. The third kappa shape index (κ3) is 3.83. The fourth-order valence-corrected chi connectivity index (χ4v) is 3.09. The predicted octanol–water partition coefficient (Wildman–Crippen LogP) is 1.24. The Morgan fingerprint density at radius 3 is 2.84 bits per heavy atom. The van der Waals surface area contributed by atoms with Gasteiger partial charge in [0.05, 0.1) is 28.4 Å². The molecule has 0 bridgehead atoms. The zero-order valence-corrected chi connectivity index (χ0v) is 14.5. The highest BCUT2D eigenvalue weighted by Crippen LogP contribution is 2.21. The zero-order valence-electron chi connectivity index (χ0n) is 13.7. The molecule has 0 saturated carbocycles. The molecule has 25 heavy (non-hydrogen) atoms. The Kier molecular flexibility index (Phi) is 5.06. The van der Waals surface area contributed by atoms with Gasteiger partial charge in [-0.05, 0) is 30.7 Å². The van der Waals surface area contributed by atoms with Crippen LogP contribution in [0.25, 0.3) is 5.69 Å². The summed E-state index contributed by atoms with van der Waals surface area (Å²) in [4.78, 5) is 25.6. The number of carbonyl (C=O) groups is 2. The Hall–Kier alpha value is -2.38. The van der Waals surface area contributed by atoms with Gasteiger partial charge in [0.15, 0.2) is 0 Å². The monoisotopic (exact) mass is 362 g/mol. The van der Waals surface area contributed by atoms with Crippen LogP contribution in [0.5, 0.6) is 0 Å². The van der Waals surface area contributed by atoms with E-state index in [0.29, 0.717) is 29.2 Å². The minimum atomic E-state index is -0.810. The molecule has 132 valence electrons. The number of likely N-dealkylation sites (tertiary alicyclic amines) is 1. The summed E-state index contributed by atoms with van der Waals surface area (Å²) in [6.07, 6.45) is 3.09. The first kappa shape index (κ1) is 17.4. The van der Waals surface area contributed by atoms with Crippen molar-refractivity contribution >= 4 is 23.4 Å². The van der Waals surface area contributed by atoms with Crippen molar-refractivity contribution in [2.24, 2.45) is 0 Å². The van der Waals surface area contributed by atoms with Gasteiger partial charge in [0.25, 0.3) is 5.91 Å². The van der Waals surface area contributed by atoms with Crippen molar-refractivity contribution in [2.45, 2.75) is 25.5 Å². The largest absolute Gasteiger partial charge is 0.389 e. The third-order valence-electron chi connectivity index (χ3n) is 4.31. The summed E-state index contributed by atoms with van der Waals surface area (Å²) in [5.74, 6) is -0.446. The number of rotatable bonds is 3. The molecule has 8 heteroatoms. The van der Waals surface area contributed by atoms with E-state index in [-0.39, 0.29) is 18.4 Å². The number of β-amino-alcohol motifs (C(OH)–C–C–N with tert-alkyl or cyclic N) is 1. The van der Waals surface area contributed by atoms with Gasteiger partial charge in [-0.25, -0.2) is 4.68 Å². The fourth-order valence-electron chi connectivity index (χ4n) is 2.88. The number of hydrogen-bond acceptors (Lipinski definition) is 4. The minimum absolute atomic E-state index is 0.0844. The molecule has 2 aromatic rings. The van der Waals surface area contributed by atoms with Crippen LogP contribution in [0.3, 0.4) is 0 Å². The average molecular weight is 363 g/mol. The van der Waals surface area contributed by atoms with E-state index in [1.807, 2.05) is 0 Å². The van der Waals surface area contributed by atoms with Crippen LogP contribution in [-0.4, -0.2) is 56.8 Å². The Labute approximate surface area is 150 Å². The van der Waals surface area contributed by atoms with Crippen LogP contribution < -0.4 is 5.32 Å². The molecule has 0 radical (unpaired) electrons. The highest BCUT2D eigenvalue weighted by atomic mass is 35.5. The third-order valence-corrected chi connectivity index (χ3v) is 4.64. The van der Waals surface area contributed by atoms with E-state index in [2.05, 4.69) is 10.4 Å². The summed E-state index contributed by atoms with van der Waals surface area (Å²) in [6, 6.07) is 6.43. The van der Waals surface area contributed by atoms with E-state index in [9.17, 15) is 14.7 Å². The van der Waals surface area contributed by atoms with Crippen molar-refractivity contribution in [1.82, 2.24) is 20.0 Å². The summed E-state index contributed by atoms with van der Waals surface area (Å²) in [5.41, 5.74) is 1.03. The maximum atomic E-state index is 12.6. The number of aromatic nitrogens is 2. The Balaban J connectivity index is 1.73. The van der Waals surface area contributed by atoms with Gasteiger partial charge in [0.2, 0.25) is 5.91 Å². The first-order valence-electron chi connectivity index (χ1n) is 7.99. The molecule has 3 rings (SSSR count). The van der Waals surface area contributed by atoms with E-state index in [1.165, 1.54) is 6.92 Å². The van der Waals surface area contributed by atoms with E-state index in [0.717, 1.165) is 0 Å². The molecule has 2 heterocycles. The number of hydrogen-bond donors (Lipinski definition) is 2. The average Bonchev–Trinajstić information content (AvgIpc) is 3.11. The summed E-state index contributed by atoms with van der Waals surface area (Å²) < 4.78 is 1.63. The molecule has 1 fully saturated rings. The van der Waals surface area contributed by atoms with E-state index < -0.39 is 12.1 Å². The number of nitrogens with zero attached hydrogens (tertiary/aromatic N) is 3. The van der Waals surface area contributed by atoms with Crippen molar-refractivity contribution < 1.29 is 14.7 Å². The Bertz CT molecular complexity index is 778. The fraction of sp³-hybridized carbons (Fsp3) is 0.353. The molecule has 7 nitrogen and oxygen atoms in total. The molecule has 1 aromatic carbocycles. The van der Waals surface area contributed by atoms with Crippen LogP contribution in [0, 0.1) is 0 Å². The van der Waals surface area contributed by atoms with Crippen molar-refractivity contribution in [3.05, 3.63) is 47.2 Å². The molecule has 1 aliphatic heterocycles. The second kappa shape index (κ2) is 7.25. The van der Waals surface area contributed by atoms with Crippen molar-refractivity contribution in [3.63, 3.8) is 0 Å². The normalized spacial score (nSPS) is 20.4. The summed E-state index contributed by atoms with van der Waals surface area (Å²) in [7, 11) is 0. The molecule has 0 aliphatic carbocycles. The Morgan fingerprint density at radius 1 is 1.40 bits per heavy atom. The van der Waals surface area contributed by atoms with E-state index in [1.54, 1.807) is 46.2 Å². The molecule has 0 unspecified atom stereocenters. The van der Waals surface area contributed by atoms with Crippen molar-refractivity contribution in [3.8, 4) is 5.69 Å². The lowest BCUT2D eigenvalue weighted by Crippen LogP contribution is -2.55. The summed E-state index contributed by atoms with van der Waals surface area (Å²) in [5, 5.41) is 17.5. The van der Waals surface area contributed by atoms with Gasteiger partial charge >= 0.3 is 0 Å².